The topological polar surface area (TPSA) is 111 Å². The van der Waals surface area contributed by atoms with Crippen LogP contribution in [-0.2, 0) is 0 Å². The van der Waals surface area contributed by atoms with Gasteiger partial charge in [-0.2, -0.15) is 0 Å². The molecule has 0 bridgehead atoms. The van der Waals surface area contributed by atoms with Gasteiger partial charge in [0.25, 0.3) is 5.91 Å². The molecule has 18 heavy (non-hydrogen) atoms. The van der Waals surface area contributed by atoms with E-state index in [1.54, 1.807) is 0 Å². The Balaban J connectivity index is 2.09. The van der Waals surface area contributed by atoms with E-state index < -0.39 is 22.3 Å². The van der Waals surface area contributed by atoms with Crippen molar-refractivity contribution in [1.29, 1.82) is 0 Å². The molecule has 7 nitrogen and oxygen atoms in total. The third-order valence-electron chi connectivity index (χ3n) is 3.33. The van der Waals surface area contributed by atoms with Crippen LogP contribution in [0, 0.1) is 10.1 Å². The van der Waals surface area contributed by atoms with Gasteiger partial charge in [0.2, 0.25) is 0 Å². The fourth-order valence-corrected chi connectivity index (χ4v) is 2.28. The third-order valence-corrected chi connectivity index (χ3v) is 3.33. The minimum Gasteiger partial charge on any atom is -0.395 e. The number of hydrogen-bond acceptors (Lipinski definition) is 5. The highest BCUT2D eigenvalue weighted by molar-refractivity contribution is 5.92. The smallest absolute Gasteiger partial charge is 0.395 e. The summed E-state index contributed by atoms with van der Waals surface area (Å²) in [6, 6.07) is 2.46. The Hall–Kier alpha value is -1.89. The summed E-state index contributed by atoms with van der Waals surface area (Å²) in [5.74, 6) is -0.940. The second-order valence-corrected chi connectivity index (χ2v) is 4.54. The number of nitro groups is 1. The molecule has 1 amide bonds. The van der Waals surface area contributed by atoms with Crippen molar-refractivity contribution in [3.63, 3.8) is 0 Å². The molecule has 1 aliphatic carbocycles. The number of furan rings is 1. The van der Waals surface area contributed by atoms with Crippen LogP contribution in [0.1, 0.15) is 36.2 Å². The molecule has 0 radical (unpaired) electrons. The van der Waals surface area contributed by atoms with Gasteiger partial charge >= 0.3 is 5.88 Å². The van der Waals surface area contributed by atoms with E-state index >= 15 is 0 Å². The van der Waals surface area contributed by atoms with Gasteiger partial charge < -0.3 is 15.5 Å². The van der Waals surface area contributed by atoms with Gasteiger partial charge in [-0.15, -0.1) is 0 Å². The Kier molecular flexibility index (Phi) is 3.33. The van der Waals surface area contributed by atoms with Gasteiger partial charge in [0, 0.05) is 6.54 Å². The summed E-state index contributed by atoms with van der Waals surface area (Å²) in [5.41, 5.74) is 5.30. The molecule has 1 aliphatic rings. The Morgan fingerprint density at radius 2 is 2.17 bits per heavy atom. The van der Waals surface area contributed by atoms with Gasteiger partial charge in [0.1, 0.15) is 4.92 Å². The number of carbonyl (C=O) groups is 1. The van der Waals surface area contributed by atoms with Gasteiger partial charge in [-0.05, 0) is 18.9 Å². The third kappa shape index (κ3) is 2.35. The molecule has 1 heterocycles. The van der Waals surface area contributed by atoms with E-state index in [1.807, 2.05) is 0 Å². The lowest BCUT2D eigenvalue weighted by atomic mass is 9.98. The lowest BCUT2D eigenvalue weighted by Gasteiger charge is -2.28. The predicted molar refractivity (Wildman–Crippen MR) is 63.1 cm³/mol. The Morgan fingerprint density at radius 3 is 2.67 bits per heavy atom. The summed E-state index contributed by atoms with van der Waals surface area (Å²) in [5, 5.41) is 13.3. The zero-order valence-corrected chi connectivity index (χ0v) is 9.85. The summed E-state index contributed by atoms with van der Waals surface area (Å²) in [6.45, 7) is 0.363. The number of hydrogen-bond donors (Lipinski definition) is 2. The van der Waals surface area contributed by atoms with Crippen molar-refractivity contribution < 1.29 is 14.1 Å². The maximum atomic E-state index is 11.9. The van der Waals surface area contributed by atoms with E-state index in [4.69, 9.17) is 10.2 Å². The Labute approximate surface area is 103 Å². The maximum Gasteiger partial charge on any atom is 0.433 e. The SMILES string of the molecule is NCC1(NC(=O)c2ccc([N+](=O)[O-])o2)CCCC1. The van der Waals surface area contributed by atoms with Crippen LogP contribution in [0.4, 0.5) is 5.88 Å². The number of nitrogens with two attached hydrogens (primary N) is 1. The van der Waals surface area contributed by atoms with E-state index in [0.29, 0.717) is 6.54 Å². The molecule has 1 aromatic heterocycles. The van der Waals surface area contributed by atoms with E-state index in [2.05, 4.69) is 5.32 Å². The van der Waals surface area contributed by atoms with Gasteiger partial charge in [0.05, 0.1) is 11.6 Å². The average Bonchev–Trinajstić information content (AvgIpc) is 2.98. The maximum absolute atomic E-state index is 11.9. The van der Waals surface area contributed by atoms with Crippen LogP contribution in [0.5, 0.6) is 0 Å². The van der Waals surface area contributed by atoms with Crippen LogP contribution in [0.2, 0.25) is 0 Å². The first kappa shape index (κ1) is 12.6. The summed E-state index contributed by atoms with van der Waals surface area (Å²) < 4.78 is 4.85. The second kappa shape index (κ2) is 4.77. The summed E-state index contributed by atoms with van der Waals surface area (Å²) in [4.78, 5) is 21.7. The van der Waals surface area contributed by atoms with E-state index in [0.717, 1.165) is 25.7 Å². The lowest BCUT2D eigenvalue weighted by Crippen LogP contribution is -2.51. The van der Waals surface area contributed by atoms with E-state index in [1.165, 1.54) is 12.1 Å². The molecule has 1 saturated carbocycles. The van der Waals surface area contributed by atoms with Crippen LogP contribution in [-0.4, -0.2) is 22.9 Å². The van der Waals surface area contributed by atoms with Crippen molar-refractivity contribution in [1.82, 2.24) is 5.32 Å². The first-order valence-electron chi connectivity index (χ1n) is 5.83. The fraction of sp³-hybridized carbons (Fsp3) is 0.545. The minimum atomic E-state index is -0.676. The van der Waals surface area contributed by atoms with Crippen molar-refractivity contribution in [3.8, 4) is 0 Å². The highest BCUT2D eigenvalue weighted by Crippen LogP contribution is 2.29. The van der Waals surface area contributed by atoms with Crippen molar-refractivity contribution >= 4 is 11.8 Å². The standard InChI is InChI=1S/C11H15N3O4/c12-7-11(5-1-2-6-11)13-10(15)8-3-4-9(18-8)14(16)17/h3-4H,1-2,5-7,12H2,(H,13,15). The summed E-state index contributed by atoms with van der Waals surface area (Å²) in [7, 11) is 0. The lowest BCUT2D eigenvalue weighted by molar-refractivity contribution is -0.402. The van der Waals surface area contributed by atoms with Crippen molar-refractivity contribution in [2.75, 3.05) is 6.54 Å². The van der Waals surface area contributed by atoms with Gasteiger partial charge in [-0.1, -0.05) is 12.8 Å². The van der Waals surface area contributed by atoms with E-state index in [9.17, 15) is 14.9 Å². The fourth-order valence-electron chi connectivity index (χ4n) is 2.28. The zero-order chi connectivity index (χ0) is 13.2. The molecule has 0 unspecified atom stereocenters. The second-order valence-electron chi connectivity index (χ2n) is 4.54. The number of carbonyl (C=O) groups excluding carboxylic acids is 1. The normalized spacial score (nSPS) is 17.6. The van der Waals surface area contributed by atoms with Crippen LogP contribution in [0.3, 0.4) is 0 Å². The molecule has 98 valence electrons. The monoisotopic (exact) mass is 253 g/mol. The highest BCUT2D eigenvalue weighted by Gasteiger charge is 2.35. The van der Waals surface area contributed by atoms with Crippen LogP contribution in [0.15, 0.2) is 16.5 Å². The molecule has 0 atom stereocenters. The Morgan fingerprint density at radius 1 is 1.50 bits per heavy atom. The molecule has 0 saturated heterocycles. The van der Waals surface area contributed by atoms with E-state index in [-0.39, 0.29) is 5.76 Å². The van der Waals surface area contributed by atoms with Gasteiger partial charge in [-0.3, -0.25) is 14.9 Å². The largest absolute Gasteiger partial charge is 0.433 e. The number of nitrogens with one attached hydrogen (secondary N) is 1. The van der Waals surface area contributed by atoms with Crippen molar-refractivity contribution in [3.05, 3.63) is 28.0 Å². The minimum absolute atomic E-state index is 0.0542. The number of nitrogens with zero attached hydrogens (tertiary/aromatic N) is 1. The first-order valence-corrected chi connectivity index (χ1v) is 5.83. The zero-order valence-electron chi connectivity index (χ0n) is 9.85. The number of amides is 1. The number of rotatable bonds is 4. The first-order chi connectivity index (χ1) is 8.56. The molecule has 3 N–H and O–H groups in total. The van der Waals surface area contributed by atoms with Crippen molar-refractivity contribution in [2.24, 2.45) is 5.73 Å². The van der Waals surface area contributed by atoms with Crippen LogP contribution >= 0.6 is 0 Å². The Bertz CT molecular complexity index is 463. The van der Waals surface area contributed by atoms with Crippen LogP contribution in [0.25, 0.3) is 0 Å². The summed E-state index contributed by atoms with van der Waals surface area (Å²) >= 11 is 0. The molecule has 1 fully saturated rings. The molecule has 0 aromatic carbocycles. The molecule has 0 spiro atoms. The summed E-state index contributed by atoms with van der Waals surface area (Å²) in [6.07, 6.45) is 3.71. The average molecular weight is 253 g/mol. The molecule has 2 rings (SSSR count). The highest BCUT2D eigenvalue weighted by atomic mass is 16.6. The van der Waals surface area contributed by atoms with Crippen LogP contribution < -0.4 is 11.1 Å². The molecule has 0 aliphatic heterocycles. The molecule has 7 heteroatoms. The quantitative estimate of drug-likeness (QED) is 0.618. The molecule has 1 aromatic rings. The van der Waals surface area contributed by atoms with Crippen molar-refractivity contribution in [2.45, 2.75) is 31.2 Å². The molecular formula is C11H15N3O4. The van der Waals surface area contributed by atoms with Gasteiger partial charge in [0.15, 0.2) is 5.76 Å². The predicted octanol–water partition coefficient (Wildman–Crippen LogP) is 1.19. The molecular weight excluding hydrogens is 238 g/mol. The van der Waals surface area contributed by atoms with Gasteiger partial charge in [-0.25, -0.2) is 0 Å².